The standard InChI is InChI=1S/C10H16Cl2O2/c1-3-5-6-7-8(4-2)14-10(13)9(11)12/h4,8-9H,2-3,5-7H2,1H3. The molecular formula is C10H16Cl2O2. The van der Waals surface area contributed by atoms with E-state index in [0.29, 0.717) is 0 Å². The third-order valence-electron chi connectivity index (χ3n) is 1.80. The van der Waals surface area contributed by atoms with Crippen molar-refractivity contribution in [1.82, 2.24) is 0 Å². The smallest absolute Gasteiger partial charge is 0.340 e. The minimum Gasteiger partial charge on any atom is -0.456 e. The van der Waals surface area contributed by atoms with Gasteiger partial charge in [-0.15, -0.1) is 0 Å². The van der Waals surface area contributed by atoms with Crippen LogP contribution in [0.3, 0.4) is 0 Å². The van der Waals surface area contributed by atoms with E-state index in [4.69, 9.17) is 27.9 Å². The molecule has 2 nitrogen and oxygen atoms in total. The Morgan fingerprint density at radius 1 is 1.50 bits per heavy atom. The van der Waals surface area contributed by atoms with Gasteiger partial charge in [0, 0.05) is 0 Å². The zero-order valence-corrected chi connectivity index (χ0v) is 9.85. The Bertz CT molecular complexity index is 181. The fraction of sp³-hybridized carbons (Fsp3) is 0.700. The number of esters is 1. The molecule has 0 heterocycles. The summed E-state index contributed by atoms with van der Waals surface area (Å²) in [6.45, 7) is 5.70. The fourth-order valence-electron chi connectivity index (χ4n) is 1.02. The summed E-state index contributed by atoms with van der Waals surface area (Å²) >= 11 is 10.7. The van der Waals surface area contributed by atoms with Crippen LogP contribution in [0, 0.1) is 0 Å². The average Bonchev–Trinajstić information content (AvgIpc) is 2.16. The Balaban J connectivity index is 3.78. The molecule has 1 atom stereocenters. The average molecular weight is 239 g/mol. The highest BCUT2D eigenvalue weighted by atomic mass is 35.5. The van der Waals surface area contributed by atoms with Crippen LogP contribution in [0.1, 0.15) is 32.6 Å². The molecule has 4 heteroatoms. The van der Waals surface area contributed by atoms with Gasteiger partial charge in [-0.25, -0.2) is 4.79 Å². The third-order valence-corrected chi connectivity index (χ3v) is 2.16. The fourth-order valence-corrected chi connectivity index (χ4v) is 1.12. The summed E-state index contributed by atoms with van der Waals surface area (Å²) in [5.41, 5.74) is 0. The number of unbranched alkanes of at least 4 members (excludes halogenated alkanes) is 2. The molecule has 0 aromatic rings. The molecule has 0 N–H and O–H groups in total. The lowest BCUT2D eigenvalue weighted by Gasteiger charge is -2.13. The summed E-state index contributed by atoms with van der Waals surface area (Å²) in [5.74, 6) is -0.602. The molecule has 0 amide bonds. The Hall–Kier alpha value is -0.210. The van der Waals surface area contributed by atoms with Crippen LogP contribution < -0.4 is 0 Å². The summed E-state index contributed by atoms with van der Waals surface area (Å²) in [6.07, 6.45) is 5.37. The molecule has 0 saturated carbocycles. The van der Waals surface area contributed by atoms with Gasteiger partial charge in [0.05, 0.1) is 0 Å². The van der Waals surface area contributed by atoms with Gasteiger partial charge in [-0.1, -0.05) is 55.6 Å². The Labute approximate surface area is 95.2 Å². The molecule has 0 aliphatic rings. The van der Waals surface area contributed by atoms with E-state index in [1.165, 1.54) is 0 Å². The quantitative estimate of drug-likeness (QED) is 0.294. The number of carbonyl (C=O) groups is 1. The molecule has 0 aromatic heterocycles. The Kier molecular flexibility index (Phi) is 8.01. The van der Waals surface area contributed by atoms with Gasteiger partial charge in [0.25, 0.3) is 0 Å². The zero-order chi connectivity index (χ0) is 11.0. The van der Waals surface area contributed by atoms with Gasteiger partial charge in [-0.2, -0.15) is 0 Å². The topological polar surface area (TPSA) is 26.3 Å². The second-order valence-electron chi connectivity index (χ2n) is 3.01. The molecule has 0 fully saturated rings. The monoisotopic (exact) mass is 238 g/mol. The second kappa shape index (κ2) is 8.13. The minimum atomic E-state index is -1.11. The summed E-state index contributed by atoms with van der Waals surface area (Å²) < 4.78 is 4.99. The molecular weight excluding hydrogens is 223 g/mol. The zero-order valence-electron chi connectivity index (χ0n) is 8.34. The van der Waals surface area contributed by atoms with Crippen molar-refractivity contribution < 1.29 is 9.53 Å². The normalized spacial score (nSPS) is 12.6. The Morgan fingerprint density at radius 3 is 2.57 bits per heavy atom. The van der Waals surface area contributed by atoms with Crippen LogP contribution >= 0.6 is 23.2 Å². The van der Waals surface area contributed by atoms with Gasteiger partial charge in [0.1, 0.15) is 6.10 Å². The highest BCUT2D eigenvalue weighted by Crippen LogP contribution is 2.11. The van der Waals surface area contributed by atoms with Crippen molar-refractivity contribution in [2.75, 3.05) is 0 Å². The molecule has 0 aliphatic carbocycles. The van der Waals surface area contributed by atoms with Crippen LogP contribution in [-0.2, 0) is 9.53 Å². The first-order valence-electron chi connectivity index (χ1n) is 4.73. The largest absolute Gasteiger partial charge is 0.456 e. The molecule has 1 unspecified atom stereocenters. The van der Waals surface area contributed by atoms with Gasteiger partial charge in [0.15, 0.2) is 0 Å². The summed E-state index contributed by atoms with van der Waals surface area (Å²) in [5, 5.41) is 0. The predicted molar refractivity (Wildman–Crippen MR) is 59.7 cm³/mol. The van der Waals surface area contributed by atoms with Crippen molar-refractivity contribution in [3.8, 4) is 0 Å². The van der Waals surface area contributed by atoms with E-state index in [-0.39, 0.29) is 6.10 Å². The van der Waals surface area contributed by atoms with Crippen molar-refractivity contribution in [2.24, 2.45) is 0 Å². The lowest BCUT2D eigenvalue weighted by atomic mass is 10.1. The molecule has 0 rings (SSSR count). The number of alkyl halides is 2. The van der Waals surface area contributed by atoms with Crippen molar-refractivity contribution in [3.05, 3.63) is 12.7 Å². The lowest BCUT2D eigenvalue weighted by molar-refractivity contribution is -0.145. The molecule has 82 valence electrons. The van der Waals surface area contributed by atoms with E-state index in [1.54, 1.807) is 6.08 Å². The maximum atomic E-state index is 11.0. The van der Waals surface area contributed by atoms with Gasteiger partial charge in [0.2, 0.25) is 4.84 Å². The molecule has 0 spiro atoms. The SMILES string of the molecule is C=CC(CCCCC)OC(=O)C(Cl)Cl. The van der Waals surface area contributed by atoms with Crippen LogP contribution in [0.4, 0.5) is 0 Å². The van der Waals surface area contributed by atoms with Crippen molar-refractivity contribution in [2.45, 2.75) is 43.5 Å². The van der Waals surface area contributed by atoms with Crippen LogP contribution in [0.25, 0.3) is 0 Å². The number of hydrogen-bond acceptors (Lipinski definition) is 2. The second-order valence-corrected chi connectivity index (χ2v) is 4.10. The van der Waals surface area contributed by atoms with Crippen LogP contribution in [-0.4, -0.2) is 16.9 Å². The van der Waals surface area contributed by atoms with E-state index in [9.17, 15) is 4.79 Å². The Morgan fingerprint density at radius 2 is 2.14 bits per heavy atom. The van der Waals surface area contributed by atoms with Crippen molar-refractivity contribution in [3.63, 3.8) is 0 Å². The number of hydrogen-bond donors (Lipinski definition) is 0. The van der Waals surface area contributed by atoms with E-state index in [2.05, 4.69) is 13.5 Å². The first-order chi connectivity index (χ1) is 6.61. The van der Waals surface area contributed by atoms with Gasteiger partial charge in [-0.3, -0.25) is 0 Å². The highest BCUT2D eigenvalue weighted by Gasteiger charge is 2.16. The molecule has 14 heavy (non-hydrogen) atoms. The molecule has 0 aromatic carbocycles. The van der Waals surface area contributed by atoms with Gasteiger partial charge < -0.3 is 4.74 Å². The number of rotatable bonds is 7. The maximum Gasteiger partial charge on any atom is 0.340 e. The number of halogens is 2. The van der Waals surface area contributed by atoms with Gasteiger partial charge >= 0.3 is 5.97 Å². The molecule has 0 bridgehead atoms. The van der Waals surface area contributed by atoms with Crippen LogP contribution in [0.5, 0.6) is 0 Å². The van der Waals surface area contributed by atoms with E-state index in [0.717, 1.165) is 25.7 Å². The van der Waals surface area contributed by atoms with E-state index in [1.807, 2.05) is 0 Å². The summed E-state index contributed by atoms with van der Waals surface area (Å²) in [4.78, 5) is 9.90. The highest BCUT2D eigenvalue weighted by molar-refractivity contribution is 6.52. The summed E-state index contributed by atoms with van der Waals surface area (Å²) in [7, 11) is 0. The molecule has 0 saturated heterocycles. The maximum absolute atomic E-state index is 11.0. The first kappa shape index (κ1) is 13.8. The van der Waals surface area contributed by atoms with Crippen LogP contribution in [0.2, 0.25) is 0 Å². The first-order valence-corrected chi connectivity index (χ1v) is 5.60. The van der Waals surface area contributed by atoms with E-state index >= 15 is 0 Å². The van der Waals surface area contributed by atoms with E-state index < -0.39 is 10.8 Å². The van der Waals surface area contributed by atoms with Crippen molar-refractivity contribution in [1.29, 1.82) is 0 Å². The van der Waals surface area contributed by atoms with Crippen molar-refractivity contribution >= 4 is 29.2 Å². The van der Waals surface area contributed by atoms with Crippen LogP contribution in [0.15, 0.2) is 12.7 Å². The number of carbonyl (C=O) groups excluding carboxylic acids is 1. The lowest BCUT2D eigenvalue weighted by Crippen LogP contribution is -2.20. The summed E-state index contributed by atoms with van der Waals surface area (Å²) in [6, 6.07) is 0. The molecule has 0 aliphatic heterocycles. The number of ether oxygens (including phenoxy) is 1. The molecule has 0 radical (unpaired) electrons. The van der Waals surface area contributed by atoms with Gasteiger partial charge in [-0.05, 0) is 12.8 Å². The third kappa shape index (κ3) is 6.28. The predicted octanol–water partition coefficient (Wildman–Crippen LogP) is 3.47. The minimum absolute atomic E-state index is 0.269.